The molecule has 2 N–H and O–H groups in total. The van der Waals surface area contributed by atoms with Crippen LogP contribution < -0.4 is 10.6 Å². The third kappa shape index (κ3) is 3.13. The Hall–Kier alpha value is -1.74. The molecule has 0 radical (unpaired) electrons. The zero-order chi connectivity index (χ0) is 15.6. The maximum atomic E-state index is 13.0. The normalized spacial score (nSPS) is 22.1. The van der Waals surface area contributed by atoms with E-state index in [1.54, 1.807) is 19.2 Å². The number of nitrogens with zero attached hydrogens (tertiary/aromatic N) is 2. The van der Waals surface area contributed by atoms with Gasteiger partial charge in [0.1, 0.15) is 0 Å². The van der Waals surface area contributed by atoms with Crippen molar-refractivity contribution in [2.75, 3.05) is 18.5 Å². The van der Waals surface area contributed by atoms with E-state index in [0.29, 0.717) is 18.2 Å². The Bertz CT molecular complexity index is 548. The molecule has 1 fully saturated rings. The maximum Gasteiger partial charge on any atom is 0.417 e. The number of nitrogens with two attached hydrogens (primary N) is 1. The lowest BCUT2D eigenvalue weighted by Gasteiger charge is -2.31. The quantitative estimate of drug-likeness (QED) is 0.932. The average molecular weight is 297 g/mol. The van der Waals surface area contributed by atoms with Gasteiger partial charge in [-0.05, 0) is 43.5 Å². The zero-order valence-electron chi connectivity index (χ0n) is 11.8. The molecular weight excluding hydrogens is 279 g/mol. The van der Waals surface area contributed by atoms with Gasteiger partial charge in [-0.1, -0.05) is 6.42 Å². The lowest BCUT2D eigenvalue weighted by molar-refractivity contribution is -0.137. The largest absolute Gasteiger partial charge is 0.417 e. The fourth-order valence-electron chi connectivity index (χ4n) is 3.08. The monoisotopic (exact) mass is 297 g/mol. The van der Waals surface area contributed by atoms with Crippen LogP contribution in [-0.2, 0) is 6.18 Å². The number of rotatable bonds is 3. The van der Waals surface area contributed by atoms with Gasteiger partial charge < -0.3 is 10.6 Å². The van der Waals surface area contributed by atoms with Crippen molar-refractivity contribution in [3.63, 3.8) is 0 Å². The van der Waals surface area contributed by atoms with Crippen molar-refractivity contribution in [1.29, 1.82) is 5.26 Å². The second-order valence-corrected chi connectivity index (χ2v) is 5.44. The van der Waals surface area contributed by atoms with Crippen LogP contribution in [0.5, 0.6) is 0 Å². The molecule has 1 saturated carbocycles. The van der Waals surface area contributed by atoms with E-state index in [-0.39, 0.29) is 11.6 Å². The summed E-state index contributed by atoms with van der Waals surface area (Å²) in [6, 6.07) is 5.62. The SMILES string of the molecule is CN(c1ccc(C#N)c(C(F)(F)F)c1)C1CCCC1CN. The van der Waals surface area contributed by atoms with Crippen LogP contribution in [0.1, 0.15) is 30.4 Å². The van der Waals surface area contributed by atoms with E-state index >= 15 is 0 Å². The number of halogens is 3. The van der Waals surface area contributed by atoms with Crippen LogP contribution in [0.15, 0.2) is 18.2 Å². The minimum Gasteiger partial charge on any atom is -0.371 e. The van der Waals surface area contributed by atoms with Gasteiger partial charge in [-0.15, -0.1) is 0 Å². The molecule has 0 aliphatic heterocycles. The van der Waals surface area contributed by atoms with Crippen LogP contribution in [0.2, 0.25) is 0 Å². The number of nitriles is 1. The summed E-state index contributed by atoms with van der Waals surface area (Å²) in [5.74, 6) is 0.306. The van der Waals surface area contributed by atoms with Crippen molar-refractivity contribution in [2.24, 2.45) is 11.7 Å². The predicted molar refractivity (Wildman–Crippen MR) is 74.7 cm³/mol. The molecule has 3 nitrogen and oxygen atoms in total. The molecule has 0 bridgehead atoms. The van der Waals surface area contributed by atoms with E-state index in [2.05, 4.69) is 0 Å². The summed E-state index contributed by atoms with van der Waals surface area (Å²) >= 11 is 0. The van der Waals surface area contributed by atoms with Crippen LogP contribution in [0, 0.1) is 17.2 Å². The van der Waals surface area contributed by atoms with Gasteiger partial charge in [0.2, 0.25) is 0 Å². The molecule has 2 atom stereocenters. The molecule has 2 rings (SSSR count). The van der Waals surface area contributed by atoms with Gasteiger partial charge in [0.05, 0.1) is 17.2 Å². The van der Waals surface area contributed by atoms with E-state index in [4.69, 9.17) is 11.0 Å². The second kappa shape index (κ2) is 5.94. The zero-order valence-corrected chi connectivity index (χ0v) is 11.8. The highest BCUT2D eigenvalue weighted by Gasteiger charge is 2.35. The Labute approximate surface area is 122 Å². The summed E-state index contributed by atoms with van der Waals surface area (Å²) in [6.45, 7) is 0.539. The number of anilines is 1. The van der Waals surface area contributed by atoms with Gasteiger partial charge in [0.15, 0.2) is 0 Å². The van der Waals surface area contributed by atoms with E-state index in [9.17, 15) is 13.2 Å². The molecule has 0 spiro atoms. The minimum atomic E-state index is -4.52. The fraction of sp³-hybridized carbons (Fsp3) is 0.533. The highest BCUT2D eigenvalue weighted by molar-refractivity contribution is 5.55. The third-order valence-electron chi connectivity index (χ3n) is 4.26. The smallest absolute Gasteiger partial charge is 0.371 e. The van der Waals surface area contributed by atoms with Gasteiger partial charge in [-0.25, -0.2) is 0 Å². The molecule has 114 valence electrons. The van der Waals surface area contributed by atoms with E-state index in [1.807, 2.05) is 4.90 Å². The van der Waals surface area contributed by atoms with Crippen molar-refractivity contribution in [3.05, 3.63) is 29.3 Å². The minimum absolute atomic E-state index is 0.156. The van der Waals surface area contributed by atoms with E-state index in [1.165, 1.54) is 6.07 Å². The molecule has 1 aromatic carbocycles. The predicted octanol–water partition coefficient (Wildman–Crippen LogP) is 3.14. The van der Waals surface area contributed by atoms with Gasteiger partial charge in [-0.3, -0.25) is 0 Å². The molecule has 6 heteroatoms. The van der Waals surface area contributed by atoms with Crippen LogP contribution >= 0.6 is 0 Å². The molecule has 0 saturated heterocycles. The Balaban J connectivity index is 2.34. The number of hydrogen-bond acceptors (Lipinski definition) is 3. The standard InChI is InChI=1S/C15H18F3N3/c1-21(14-4-2-3-11(14)9-20)12-6-5-10(8-19)13(7-12)15(16,17)18/h5-7,11,14H,2-4,9,20H2,1H3. The van der Waals surface area contributed by atoms with Crippen LogP contribution in [-0.4, -0.2) is 19.6 Å². The van der Waals surface area contributed by atoms with Crippen molar-refractivity contribution >= 4 is 5.69 Å². The van der Waals surface area contributed by atoms with E-state index in [0.717, 1.165) is 25.3 Å². The van der Waals surface area contributed by atoms with Crippen LogP contribution in [0.25, 0.3) is 0 Å². The summed E-state index contributed by atoms with van der Waals surface area (Å²) in [7, 11) is 1.79. The molecule has 0 amide bonds. The van der Waals surface area contributed by atoms with Gasteiger partial charge in [0.25, 0.3) is 0 Å². The summed E-state index contributed by atoms with van der Waals surface area (Å²) in [5, 5.41) is 8.82. The summed E-state index contributed by atoms with van der Waals surface area (Å²) < 4.78 is 39.0. The summed E-state index contributed by atoms with van der Waals surface area (Å²) in [5.41, 5.74) is 4.99. The lowest BCUT2D eigenvalue weighted by atomic mass is 10.0. The first-order chi connectivity index (χ1) is 9.88. The van der Waals surface area contributed by atoms with Crippen molar-refractivity contribution in [2.45, 2.75) is 31.5 Å². The van der Waals surface area contributed by atoms with Gasteiger partial charge in [0, 0.05) is 18.8 Å². The molecule has 2 unspecified atom stereocenters. The van der Waals surface area contributed by atoms with Gasteiger partial charge in [-0.2, -0.15) is 18.4 Å². The average Bonchev–Trinajstić information content (AvgIpc) is 2.93. The molecule has 21 heavy (non-hydrogen) atoms. The topological polar surface area (TPSA) is 53.0 Å². The number of alkyl halides is 3. The van der Waals surface area contributed by atoms with Crippen molar-refractivity contribution in [3.8, 4) is 6.07 Å². The maximum absolute atomic E-state index is 13.0. The van der Waals surface area contributed by atoms with Crippen LogP contribution in [0.4, 0.5) is 18.9 Å². The van der Waals surface area contributed by atoms with Gasteiger partial charge >= 0.3 is 6.18 Å². The Morgan fingerprint density at radius 1 is 1.38 bits per heavy atom. The summed E-state index contributed by atoms with van der Waals surface area (Å²) in [6.07, 6.45) is -1.54. The fourth-order valence-corrected chi connectivity index (χ4v) is 3.08. The summed E-state index contributed by atoms with van der Waals surface area (Å²) in [4.78, 5) is 1.86. The van der Waals surface area contributed by atoms with Crippen LogP contribution in [0.3, 0.4) is 0 Å². The molecule has 1 aliphatic rings. The third-order valence-corrected chi connectivity index (χ3v) is 4.26. The molecule has 0 aromatic heterocycles. The molecule has 0 heterocycles. The number of hydrogen-bond donors (Lipinski definition) is 1. The highest BCUT2D eigenvalue weighted by atomic mass is 19.4. The Morgan fingerprint density at radius 3 is 2.67 bits per heavy atom. The van der Waals surface area contributed by atoms with Crippen molar-refractivity contribution in [1.82, 2.24) is 0 Å². The molecule has 1 aliphatic carbocycles. The molecule has 1 aromatic rings. The first-order valence-electron chi connectivity index (χ1n) is 6.92. The second-order valence-electron chi connectivity index (χ2n) is 5.44. The highest BCUT2D eigenvalue weighted by Crippen LogP contribution is 2.36. The first-order valence-corrected chi connectivity index (χ1v) is 6.92. The first kappa shape index (κ1) is 15.6. The lowest BCUT2D eigenvalue weighted by Crippen LogP contribution is -2.37. The van der Waals surface area contributed by atoms with Crippen molar-refractivity contribution < 1.29 is 13.2 Å². The Morgan fingerprint density at radius 2 is 2.10 bits per heavy atom. The Kier molecular flexibility index (Phi) is 4.43. The van der Waals surface area contributed by atoms with E-state index < -0.39 is 11.7 Å². The number of benzene rings is 1. The molecular formula is C15H18F3N3.